The third kappa shape index (κ3) is 4.09. The van der Waals surface area contributed by atoms with Crippen LogP contribution in [0.1, 0.15) is 32.1 Å². The lowest BCUT2D eigenvalue weighted by molar-refractivity contribution is 0.141. The third-order valence-electron chi connectivity index (χ3n) is 4.54. The summed E-state index contributed by atoms with van der Waals surface area (Å²) in [5.41, 5.74) is 2.41. The first kappa shape index (κ1) is 16.0. The Labute approximate surface area is 143 Å². The van der Waals surface area contributed by atoms with E-state index in [0.717, 1.165) is 31.4 Å². The highest BCUT2D eigenvalue weighted by molar-refractivity contribution is 7.81. The SMILES string of the molecule is N#CCC1(S)CCC(Oc2ccc(-c3ccccc3)cc2)CC1. The molecule has 0 aromatic heterocycles. The van der Waals surface area contributed by atoms with E-state index in [2.05, 4.69) is 43.0 Å². The van der Waals surface area contributed by atoms with Gasteiger partial charge in [-0.1, -0.05) is 42.5 Å². The number of rotatable bonds is 4. The van der Waals surface area contributed by atoms with Crippen LogP contribution in [0.3, 0.4) is 0 Å². The lowest BCUT2D eigenvalue weighted by atomic mass is 9.84. The van der Waals surface area contributed by atoms with Crippen molar-refractivity contribution >= 4 is 12.6 Å². The van der Waals surface area contributed by atoms with Gasteiger partial charge in [0.05, 0.1) is 12.2 Å². The van der Waals surface area contributed by atoms with Crippen LogP contribution in [-0.4, -0.2) is 10.9 Å². The Balaban J connectivity index is 1.59. The van der Waals surface area contributed by atoms with Crippen LogP contribution in [0.25, 0.3) is 11.1 Å². The van der Waals surface area contributed by atoms with E-state index in [1.54, 1.807) is 0 Å². The maximum atomic E-state index is 8.87. The van der Waals surface area contributed by atoms with Crippen molar-refractivity contribution in [2.24, 2.45) is 0 Å². The van der Waals surface area contributed by atoms with E-state index in [-0.39, 0.29) is 10.9 Å². The highest BCUT2D eigenvalue weighted by Gasteiger charge is 2.32. The number of hydrogen-bond acceptors (Lipinski definition) is 3. The van der Waals surface area contributed by atoms with Gasteiger partial charge in [-0.15, -0.1) is 0 Å². The zero-order valence-electron chi connectivity index (χ0n) is 13.1. The molecule has 0 amide bonds. The van der Waals surface area contributed by atoms with Crippen LogP contribution < -0.4 is 4.74 Å². The van der Waals surface area contributed by atoms with Gasteiger partial charge in [-0.2, -0.15) is 17.9 Å². The molecule has 3 heteroatoms. The van der Waals surface area contributed by atoms with Crippen molar-refractivity contribution in [3.63, 3.8) is 0 Å². The molecule has 0 bridgehead atoms. The molecule has 118 valence electrons. The maximum Gasteiger partial charge on any atom is 0.119 e. The fraction of sp³-hybridized carbons (Fsp3) is 0.350. The van der Waals surface area contributed by atoms with Gasteiger partial charge in [0.1, 0.15) is 5.75 Å². The zero-order valence-corrected chi connectivity index (χ0v) is 14.0. The molecule has 0 atom stereocenters. The van der Waals surface area contributed by atoms with Crippen molar-refractivity contribution in [3.8, 4) is 22.9 Å². The molecule has 3 rings (SSSR count). The number of nitriles is 1. The van der Waals surface area contributed by atoms with Crippen LogP contribution in [0.2, 0.25) is 0 Å². The molecule has 0 saturated heterocycles. The van der Waals surface area contributed by atoms with E-state index in [4.69, 9.17) is 10.00 Å². The molecule has 0 heterocycles. The molecule has 2 nitrogen and oxygen atoms in total. The van der Waals surface area contributed by atoms with Crippen molar-refractivity contribution in [3.05, 3.63) is 54.6 Å². The van der Waals surface area contributed by atoms with Crippen molar-refractivity contribution in [2.45, 2.75) is 43.0 Å². The Bertz CT molecular complexity index is 667. The molecule has 2 aromatic carbocycles. The molecule has 1 aliphatic rings. The van der Waals surface area contributed by atoms with Crippen LogP contribution in [0.15, 0.2) is 54.6 Å². The summed E-state index contributed by atoms with van der Waals surface area (Å²) in [4.78, 5) is 0. The molecule has 0 spiro atoms. The summed E-state index contributed by atoms with van der Waals surface area (Å²) < 4.78 is 5.98. The predicted octanol–water partition coefficient (Wildman–Crippen LogP) is 5.26. The van der Waals surface area contributed by atoms with Crippen LogP contribution >= 0.6 is 12.6 Å². The lowest BCUT2D eigenvalue weighted by Gasteiger charge is -2.34. The molecule has 23 heavy (non-hydrogen) atoms. The fourth-order valence-corrected chi connectivity index (χ4v) is 3.45. The number of ether oxygens (including phenoxy) is 1. The molecule has 1 aliphatic carbocycles. The van der Waals surface area contributed by atoms with Gasteiger partial charge < -0.3 is 4.74 Å². The van der Waals surface area contributed by atoms with Gasteiger partial charge in [-0.25, -0.2) is 0 Å². The highest BCUT2D eigenvalue weighted by atomic mass is 32.1. The van der Waals surface area contributed by atoms with Crippen LogP contribution in [0.5, 0.6) is 5.75 Å². The lowest BCUT2D eigenvalue weighted by Crippen LogP contribution is -2.33. The minimum atomic E-state index is -0.119. The Kier molecular flexibility index (Phi) is 4.93. The van der Waals surface area contributed by atoms with Crippen LogP contribution in [0.4, 0.5) is 0 Å². The van der Waals surface area contributed by atoms with Gasteiger partial charge in [0.15, 0.2) is 0 Å². The zero-order chi connectivity index (χ0) is 16.1. The average Bonchev–Trinajstić information content (AvgIpc) is 2.59. The monoisotopic (exact) mass is 323 g/mol. The number of benzene rings is 2. The second kappa shape index (κ2) is 7.10. The van der Waals surface area contributed by atoms with Crippen molar-refractivity contribution in [1.82, 2.24) is 0 Å². The van der Waals surface area contributed by atoms with E-state index < -0.39 is 0 Å². The average molecular weight is 323 g/mol. The van der Waals surface area contributed by atoms with Gasteiger partial charge in [-0.05, 0) is 48.9 Å². The molecule has 0 aliphatic heterocycles. The van der Waals surface area contributed by atoms with Gasteiger partial charge in [-0.3, -0.25) is 0 Å². The second-order valence-electron chi connectivity index (χ2n) is 6.27. The first-order chi connectivity index (χ1) is 11.2. The van der Waals surface area contributed by atoms with Gasteiger partial charge in [0.25, 0.3) is 0 Å². The van der Waals surface area contributed by atoms with E-state index in [1.807, 2.05) is 30.3 Å². The normalized spacial score (nSPS) is 23.9. The number of nitrogens with zero attached hydrogens (tertiary/aromatic N) is 1. The van der Waals surface area contributed by atoms with Gasteiger partial charge in [0.2, 0.25) is 0 Å². The Hall–Kier alpha value is -1.92. The molecule has 0 N–H and O–H groups in total. The van der Waals surface area contributed by atoms with E-state index in [1.165, 1.54) is 11.1 Å². The molecule has 0 unspecified atom stereocenters. The maximum absolute atomic E-state index is 8.87. The first-order valence-electron chi connectivity index (χ1n) is 8.10. The summed E-state index contributed by atoms with van der Waals surface area (Å²) >= 11 is 4.67. The standard InChI is InChI=1S/C20H21NOS/c21-15-14-20(23)12-10-19(11-13-20)22-18-8-6-17(7-9-18)16-4-2-1-3-5-16/h1-9,19,23H,10-14H2. The summed E-state index contributed by atoms with van der Waals surface area (Å²) in [5, 5.41) is 8.87. The Morgan fingerprint density at radius 1 is 1.00 bits per heavy atom. The molecule has 0 radical (unpaired) electrons. The van der Waals surface area contributed by atoms with Gasteiger partial charge >= 0.3 is 0 Å². The fourth-order valence-electron chi connectivity index (χ4n) is 3.12. The molecular weight excluding hydrogens is 302 g/mol. The summed E-state index contributed by atoms with van der Waals surface area (Å²) in [7, 11) is 0. The molecule has 1 fully saturated rings. The number of hydrogen-bond donors (Lipinski definition) is 1. The summed E-state index contributed by atoms with van der Waals surface area (Å²) in [6.45, 7) is 0. The molecule has 1 saturated carbocycles. The smallest absolute Gasteiger partial charge is 0.119 e. The number of thiol groups is 1. The molecule has 2 aromatic rings. The van der Waals surface area contributed by atoms with Crippen molar-refractivity contribution in [1.29, 1.82) is 5.26 Å². The minimum Gasteiger partial charge on any atom is -0.490 e. The quantitative estimate of drug-likeness (QED) is 0.779. The highest BCUT2D eigenvalue weighted by Crippen LogP contribution is 2.37. The predicted molar refractivity (Wildman–Crippen MR) is 96.7 cm³/mol. The van der Waals surface area contributed by atoms with Crippen LogP contribution in [0, 0.1) is 11.3 Å². The molecular formula is C20H21NOS. The van der Waals surface area contributed by atoms with Crippen molar-refractivity contribution in [2.75, 3.05) is 0 Å². The Morgan fingerprint density at radius 2 is 1.61 bits per heavy atom. The van der Waals surface area contributed by atoms with Gasteiger partial charge in [0, 0.05) is 11.2 Å². The summed E-state index contributed by atoms with van der Waals surface area (Å²) in [5.74, 6) is 0.918. The first-order valence-corrected chi connectivity index (χ1v) is 8.55. The van der Waals surface area contributed by atoms with Crippen LogP contribution in [-0.2, 0) is 0 Å². The van der Waals surface area contributed by atoms with E-state index >= 15 is 0 Å². The Morgan fingerprint density at radius 3 is 2.22 bits per heavy atom. The third-order valence-corrected chi connectivity index (χ3v) is 5.14. The largest absolute Gasteiger partial charge is 0.490 e. The van der Waals surface area contributed by atoms with E-state index in [0.29, 0.717) is 6.42 Å². The second-order valence-corrected chi connectivity index (χ2v) is 7.22. The topological polar surface area (TPSA) is 33.0 Å². The summed E-state index contributed by atoms with van der Waals surface area (Å²) in [6, 6.07) is 20.9. The minimum absolute atomic E-state index is 0.119. The van der Waals surface area contributed by atoms with Crippen molar-refractivity contribution < 1.29 is 4.74 Å². The summed E-state index contributed by atoms with van der Waals surface area (Å²) in [6.07, 6.45) is 4.56. The van der Waals surface area contributed by atoms with E-state index in [9.17, 15) is 0 Å².